The summed E-state index contributed by atoms with van der Waals surface area (Å²) in [6.45, 7) is 4.36. The van der Waals surface area contributed by atoms with Crippen molar-refractivity contribution in [2.75, 3.05) is 5.73 Å². The molecule has 1 aliphatic carbocycles. The molecule has 0 spiro atoms. The molecule has 1 saturated carbocycles. The van der Waals surface area contributed by atoms with Crippen molar-refractivity contribution in [3.63, 3.8) is 0 Å². The average molecular weight is 340 g/mol. The zero-order valence-corrected chi connectivity index (χ0v) is 13.6. The number of carboxylic acids is 1. The van der Waals surface area contributed by atoms with Crippen LogP contribution < -0.4 is 5.73 Å². The SMILES string of the molecule is CC1(C)CCCCC1C(C(=O)O)c1cccc(Br)c1N. The van der Waals surface area contributed by atoms with Crippen LogP contribution in [0, 0.1) is 11.3 Å². The van der Waals surface area contributed by atoms with Crippen molar-refractivity contribution in [2.45, 2.75) is 45.4 Å². The first kappa shape index (κ1) is 15.4. The van der Waals surface area contributed by atoms with Gasteiger partial charge in [0.05, 0.1) is 5.92 Å². The van der Waals surface area contributed by atoms with Gasteiger partial charge in [0.25, 0.3) is 0 Å². The van der Waals surface area contributed by atoms with Crippen molar-refractivity contribution in [3.8, 4) is 0 Å². The molecule has 1 aliphatic rings. The number of nitrogens with two attached hydrogens (primary N) is 1. The molecule has 0 amide bonds. The zero-order valence-electron chi connectivity index (χ0n) is 12.0. The van der Waals surface area contributed by atoms with Crippen LogP contribution in [0.1, 0.15) is 51.0 Å². The number of benzene rings is 1. The fourth-order valence-corrected chi connectivity index (χ4v) is 3.87. The Morgan fingerprint density at radius 2 is 2.15 bits per heavy atom. The van der Waals surface area contributed by atoms with E-state index >= 15 is 0 Å². The van der Waals surface area contributed by atoms with Gasteiger partial charge in [0.2, 0.25) is 0 Å². The number of aliphatic carboxylic acids is 1. The predicted molar refractivity (Wildman–Crippen MR) is 84.7 cm³/mol. The molecule has 20 heavy (non-hydrogen) atoms. The van der Waals surface area contributed by atoms with Gasteiger partial charge >= 0.3 is 5.97 Å². The number of anilines is 1. The number of carboxylic acid groups (broad SMARTS) is 1. The summed E-state index contributed by atoms with van der Waals surface area (Å²) in [4.78, 5) is 11.9. The van der Waals surface area contributed by atoms with E-state index in [1.807, 2.05) is 18.2 Å². The van der Waals surface area contributed by atoms with E-state index in [0.29, 0.717) is 5.69 Å². The third kappa shape index (κ3) is 2.85. The molecule has 0 heterocycles. The Morgan fingerprint density at radius 3 is 2.75 bits per heavy atom. The van der Waals surface area contributed by atoms with Gasteiger partial charge in [0.1, 0.15) is 0 Å². The lowest BCUT2D eigenvalue weighted by Gasteiger charge is -2.42. The fraction of sp³-hybridized carbons (Fsp3) is 0.562. The van der Waals surface area contributed by atoms with E-state index in [4.69, 9.17) is 5.73 Å². The van der Waals surface area contributed by atoms with Crippen LogP contribution in [0.4, 0.5) is 5.69 Å². The average Bonchev–Trinajstić information content (AvgIpc) is 2.36. The molecule has 0 radical (unpaired) electrons. The second-order valence-corrected chi connectivity index (χ2v) is 7.25. The van der Waals surface area contributed by atoms with Gasteiger partial charge in [-0.1, -0.05) is 38.8 Å². The molecule has 2 atom stereocenters. The van der Waals surface area contributed by atoms with Gasteiger partial charge in [0, 0.05) is 10.2 Å². The summed E-state index contributed by atoms with van der Waals surface area (Å²) in [5.74, 6) is -1.16. The van der Waals surface area contributed by atoms with Crippen LogP contribution in [-0.2, 0) is 4.79 Å². The number of hydrogen-bond acceptors (Lipinski definition) is 2. The quantitative estimate of drug-likeness (QED) is 0.801. The second-order valence-electron chi connectivity index (χ2n) is 6.40. The number of carbonyl (C=O) groups is 1. The molecule has 0 saturated heterocycles. The molecular formula is C16H22BrNO2. The van der Waals surface area contributed by atoms with E-state index < -0.39 is 11.9 Å². The van der Waals surface area contributed by atoms with Crippen molar-refractivity contribution in [2.24, 2.45) is 11.3 Å². The zero-order chi connectivity index (χ0) is 14.9. The third-order valence-electron chi connectivity index (χ3n) is 4.68. The molecule has 2 rings (SSSR count). The number of para-hydroxylation sites is 1. The highest BCUT2D eigenvalue weighted by Crippen LogP contribution is 2.49. The smallest absolute Gasteiger partial charge is 0.311 e. The van der Waals surface area contributed by atoms with E-state index in [1.54, 1.807) is 0 Å². The number of rotatable bonds is 3. The van der Waals surface area contributed by atoms with Gasteiger partial charge in [-0.25, -0.2) is 0 Å². The summed E-state index contributed by atoms with van der Waals surface area (Å²) >= 11 is 3.40. The number of nitrogen functional groups attached to an aromatic ring is 1. The Labute approximate surface area is 128 Å². The molecule has 0 aromatic heterocycles. The monoisotopic (exact) mass is 339 g/mol. The third-order valence-corrected chi connectivity index (χ3v) is 5.37. The molecule has 1 fully saturated rings. The maximum absolute atomic E-state index is 11.9. The van der Waals surface area contributed by atoms with Gasteiger partial charge in [-0.3, -0.25) is 4.79 Å². The Balaban J connectivity index is 2.46. The van der Waals surface area contributed by atoms with E-state index in [0.717, 1.165) is 29.3 Å². The standard InChI is InChI=1S/C16H22BrNO2/c1-16(2)9-4-3-7-11(16)13(15(19)20)10-6-5-8-12(17)14(10)18/h5-6,8,11,13H,3-4,7,9,18H2,1-2H3,(H,19,20). The summed E-state index contributed by atoms with van der Waals surface area (Å²) in [7, 11) is 0. The fourth-order valence-electron chi connectivity index (χ4n) is 3.49. The molecule has 0 bridgehead atoms. The minimum atomic E-state index is -0.769. The van der Waals surface area contributed by atoms with Crippen LogP contribution in [0.5, 0.6) is 0 Å². The first-order valence-electron chi connectivity index (χ1n) is 7.11. The summed E-state index contributed by atoms with van der Waals surface area (Å²) < 4.78 is 0.773. The largest absolute Gasteiger partial charge is 0.481 e. The molecule has 1 aromatic rings. The molecule has 1 aromatic carbocycles. The van der Waals surface area contributed by atoms with Crippen molar-refractivity contribution < 1.29 is 9.90 Å². The van der Waals surface area contributed by atoms with Crippen LogP contribution in [-0.4, -0.2) is 11.1 Å². The molecule has 2 unspecified atom stereocenters. The van der Waals surface area contributed by atoms with Gasteiger partial charge in [-0.15, -0.1) is 0 Å². The molecule has 0 aliphatic heterocycles. The first-order chi connectivity index (χ1) is 9.34. The predicted octanol–water partition coefficient (Wildman–Crippen LogP) is 4.42. The summed E-state index contributed by atoms with van der Waals surface area (Å²) in [6.07, 6.45) is 4.32. The van der Waals surface area contributed by atoms with Crippen molar-refractivity contribution >= 4 is 27.6 Å². The second kappa shape index (κ2) is 5.76. The highest BCUT2D eigenvalue weighted by molar-refractivity contribution is 9.10. The van der Waals surface area contributed by atoms with Crippen LogP contribution >= 0.6 is 15.9 Å². The molecular weight excluding hydrogens is 318 g/mol. The highest BCUT2D eigenvalue weighted by Gasteiger charge is 2.42. The molecule has 4 heteroatoms. The lowest BCUT2D eigenvalue weighted by atomic mass is 9.62. The van der Waals surface area contributed by atoms with Crippen molar-refractivity contribution in [1.82, 2.24) is 0 Å². The maximum atomic E-state index is 11.9. The Morgan fingerprint density at radius 1 is 1.45 bits per heavy atom. The van der Waals surface area contributed by atoms with Gasteiger partial charge in [-0.05, 0) is 51.7 Å². The van der Waals surface area contributed by atoms with Gasteiger partial charge < -0.3 is 10.8 Å². The Bertz CT molecular complexity index is 513. The highest BCUT2D eigenvalue weighted by atomic mass is 79.9. The van der Waals surface area contributed by atoms with E-state index in [9.17, 15) is 9.90 Å². The molecule has 3 N–H and O–H groups in total. The van der Waals surface area contributed by atoms with Crippen LogP contribution in [0.2, 0.25) is 0 Å². The molecule has 3 nitrogen and oxygen atoms in total. The Hall–Kier alpha value is -1.03. The van der Waals surface area contributed by atoms with Crippen molar-refractivity contribution in [3.05, 3.63) is 28.2 Å². The summed E-state index contributed by atoms with van der Waals surface area (Å²) in [6, 6.07) is 5.56. The van der Waals surface area contributed by atoms with E-state index in [2.05, 4.69) is 29.8 Å². The summed E-state index contributed by atoms with van der Waals surface area (Å²) in [5.41, 5.74) is 7.44. The number of hydrogen-bond donors (Lipinski definition) is 2. The van der Waals surface area contributed by atoms with Crippen LogP contribution in [0.25, 0.3) is 0 Å². The van der Waals surface area contributed by atoms with Gasteiger partial charge in [0.15, 0.2) is 0 Å². The maximum Gasteiger partial charge on any atom is 0.311 e. The number of halogens is 1. The minimum Gasteiger partial charge on any atom is -0.481 e. The van der Waals surface area contributed by atoms with Crippen LogP contribution in [0.3, 0.4) is 0 Å². The van der Waals surface area contributed by atoms with E-state index in [1.165, 1.54) is 6.42 Å². The first-order valence-corrected chi connectivity index (χ1v) is 7.90. The summed E-state index contributed by atoms with van der Waals surface area (Å²) in [5, 5.41) is 9.76. The lowest BCUT2D eigenvalue weighted by molar-refractivity contribution is -0.142. The Kier molecular flexibility index (Phi) is 4.43. The van der Waals surface area contributed by atoms with Crippen molar-refractivity contribution in [1.29, 1.82) is 0 Å². The topological polar surface area (TPSA) is 63.3 Å². The molecule has 110 valence electrons. The van der Waals surface area contributed by atoms with Crippen LogP contribution in [0.15, 0.2) is 22.7 Å². The van der Waals surface area contributed by atoms with E-state index in [-0.39, 0.29) is 11.3 Å². The lowest BCUT2D eigenvalue weighted by Crippen LogP contribution is -2.36. The van der Waals surface area contributed by atoms with Gasteiger partial charge in [-0.2, -0.15) is 0 Å². The minimum absolute atomic E-state index is 0.0378. The normalized spacial score (nSPS) is 23.2.